The average molecular weight is 383 g/mol. The van der Waals surface area contributed by atoms with Crippen molar-refractivity contribution in [2.45, 2.75) is 26.9 Å². The Morgan fingerprint density at radius 1 is 1.39 bits per heavy atom. The molecule has 0 saturated heterocycles. The number of halogens is 2. The number of fused-ring (bicyclic) bond motifs is 1. The predicted molar refractivity (Wildman–Crippen MR) is 100 cm³/mol. The van der Waals surface area contributed by atoms with Crippen LogP contribution in [-0.4, -0.2) is 16.0 Å². The van der Waals surface area contributed by atoms with E-state index in [1.807, 2.05) is 13.0 Å². The Balaban J connectivity index is 2.01. The first-order valence-electron chi connectivity index (χ1n) is 8.73. The third kappa shape index (κ3) is 3.56. The summed E-state index contributed by atoms with van der Waals surface area (Å²) in [6, 6.07) is 3.57. The fourth-order valence-corrected chi connectivity index (χ4v) is 3.14. The van der Waals surface area contributed by atoms with Crippen LogP contribution in [0, 0.1) is 29.9 Å². The topological polar surface area (TPSA) is 49.8 Å². The molecule has 3 rings (SSSR count). The van der Waals surface area contributed by atoms with Crippen molar-refractivity contribution < 1.29 is 23.4 Å². The first kappa shape index (κ1) is 19.4. The SMILES string of the molecule is C#CC1=CN2C(=CCC(C)C(C)=C2C(=O)O)C(OCc2c(F)cccc2F)=C1. The average Bonchev–Trinajstić information content (AvgIpc) is 2.77. The Bertz CT molecular complexity index is 975. The Labute approximate surface area is 162 Å². The molecular weight excluding hydrogens is 364 g/mol. The highest BCUT2D eigenvalue weighted by Gasteiger charge is 2.31. The van der Waals surface area contributed by atoms with Gasteiger partial charge in [0.05, 0.1) is 11.3 Å². The molecule has 1 atom stereocenters. The molecule has 0 spiro atoms. The maximum absolute atomic E-state index is 13.9. The van der Waals surface area contributed by atoms with E-state index in [0.29, 0.717) is 23.3 Å². The largest absolute Gasteiger partial charge is 0.486 e. The lowest BCUT2D eigenvalue weighted by Crippen LogP contribution is -2.27. The van der Waals surface area contributed by atoms with Crippen molar-refractivity contribution in [1.82, 2.24) is 4.90 Å². The van der Waals surface area contributed by atoms with Crippen LogP contribution in [0.1, 0.15) is 25.8 Å². The third-order valence-electron chi connectivity index (χ3n) is 4.89. The van der Waals surface area contributed by atoms with Gasteiger partial charge in [0, 0.05) is 11.8 Å². The minimum atomic E-state index is -1.09. The normalized spacial score (nSPS) is 19.0. The van der Waals surface area contributed by atoms with E-state index in [1.54, 1.807) is 19.2 Å². The van der Waals surface area contributed by atoms with Gasteiger partial charge >= 0.3 is 5.97 Å². The highest BCUT2D eigenvalue weighted by molar-refractivity contribution is 5.88. The number of carboxylic acids is 1. The van der Waals surface area contributed by atoms with Gasteiger partial charge in [-0.15, -0.1) is 6.42 Å². The molecule has 0 radical (unpaired) electrons. The van der Waals surface area contributed by atoms with Crippen molar-refractivity contribution in [2.24, 2.45) is 5.92 Å². The summed E-state index contributed by atoms with van der Waals surface area (Å²) in [7, 11) is 0. The zero-order chi connectivity index (χ0) is 20.4. The molecule has 1 N–H and O–H groups in total. The lowest BCUT2D eigenvalue weighted by molar-refractivity contribution is -0.134. The smallest absolute Gasteiger partial charge is 0.352 e. The fourth-order valence-electron chi connectivity index (χ4n) is 3.14. The monoisotopic (exact) mass is 383 g/mol. The van der Waals surface area contributed by atoms with Crippen molar-refractivity contribution in [3.8, 4) is 12.3 Å². The molecule has 6 heteroatoms. The van der Waals surface area contributed by atoms with E-state index >= 15 is 0 Å². The van der Waals surface area contributed by atoms with Crippen LogP contribution in [0.15, 0.2) is 64.9 Å². The van der Waals surface area contributed by atoms with Gasteiger partial charge < -0.3 is 14.7 Å². The number of hydrogen-bond acceptors (Lipinski definition) is 3. The Morgan fingerprint density at radius 3 is 2.68 bits per heavy atom. The van der Waals surface area contributed by atoms with Crippen molar-refractivity contribution in [3.63, 3.8) is 0 Å². The van der Waals surface area contributed by atoms with Crippen LogP contribution in [0.25, 0.3) is 0 Å². The number of benzene rings is 1. The molecule has 0 saturated carbocycles. The molecule has 2 aliphatic rings. The summed E-state index contributed by atoms with van der Waals surface area (Å²) in [6.45, 7) is 3.34. The second-order valence-corrected chi connectivity index (χ2v) is 6.66. The van der Waals surface area contributed by atoms with Gasteiger partial charge in [0.25, 0.3) is 0 Å². The highest BCUT2D eigenvalue weighted by Crippen LogP contribution is 2.36. The van der Waals surface area contributed by atoms with E-state index in [2.05, 4.69) is 5.92 Å². The lowest BCUT2D eigenvalue weighted by Gasteiger charge is -2.29. The highest BCUT2D eigenvalue weighted by atomic mass is 19.1. The van der Waals surface area contributed by atoms with Gasteiger partial charge in [-0.05, 0) is 43.0 Å². The molecule has 1 aromatic rings. The van der Waals surface area contributed by atoms with Gasteiger partial charge in [-0.25, -0.2) is 13.6 Å². The van der Waals surface area contributed by atoms with Gasteiger partial charge in [0.1, 0.15) is 29.7 Å². The zero-order valence-electron chi connectivity index (χ0n) is 15.5. The summed E-state index contributed by atoms with van der Waals surface area (Å²) < 4.78 is 33.6. The Kier molecular flexibility index (Phi) is 5.36. The molecule has 1 aromatic carbocycles. The minimum absolute atomic E-state index is 0.00264. The summed E-state index contributed by atoms with van der Waals surface area (Å²) in [5.74, 6) is 0.202. The molecule has 0 bridgehead atoms. The van der Waals surface area contributed by atoms with Crippen LogP contribution in [0.2, 0.25) is 0 Å². The fraction of sp³-hybridized carbons (Fsp3) is 0.227. The number of nitrogens with zero attached hydrogens (tertiary/aromatic N) is 1. The molecule has 0 aliphatic carbocycles. The first-order valence-corrected chi connectivity index (χ1v) is 8.73. The molecule has 0 amide bonds. The van der Waals surface area contributed by atoms with E-state index < -0.39 is 17.6 Å². The van der Waals surface area contributed by atoms with Crippen LogP contribution in [0.5, 0.6) is 0 Å². The second kappa shape index (κ2) is 7.73. The van der Waals surface area contributed by atoms with E-state index in [4.69, 9.17) is 11.2 Å². The zero-order valence-corrected chi connectivity index (χ0v) is 15.5. The van der Waals surface area contributed by atoms with Gasteiger partial charge in [-0.2, -0.15) is 0 Å². The molecule has 4 nitrogen and oxygen atoms in total. The van der Waals surface area contributed by atoms with E-state index in [-0.39, 0.29) is 29.5 Å². The van der Waals surface area contributed by atoms with Gasteiger partial charge in [-0.3, -0.25) is 0 Å². The second-order valence-electron chi connectivity index (χ2n) is 6.66. The number of ether oxygens (including phenoxy) is 1. The number of carbonyl (C=O) groups is 1. The summed E-state index contributed by atoms with van der Waals surface area (Å²) >= 11 is 0. The molecule has 0 aromatic heterocycles. The Morgan fingerprint density at radius 2 is 2.07 bits per heavy atom. The van der Waals surface area contributed by atoms with Crippen LogP contribution in [0.3, 0.4) is 0 Å². The maximum atomic E-state index is 13.9. The minimum Gasteiger partial charge on any atom is -0.486 e. The quantitative estimate of drug-likeness (QED) is 0.779. The molecule has 0 fully saturated rings. The number of aliphatic carboxylic acids is 1. The summed E-state index contributed by atoms with van der Waals surface area (Å²) in [4.78, 5) is 13.4. The molecule has 2 aliphatic heterocycles. The van der Waals surface area contributed by atoms with Crippen molar-refractivity contribution in [1.29, 1.82) is 0 Å². The molecule has 28 heavy (non-hydrogen) atoms. The van der Waals surface area contributed by atoms with Gasteiger partial charge in [-0.1, -0.05) is 25.0 Å². The number of allylic oxidation sites excluding steroid dienone is 4. The van der Waals surface area contributed by atoms with Crippen LogP contribution < -0.4 is 0 Å². The number of rotatable bonds is 4. The maximum Gasteiger partial charge on any atom is 0.352 e. The van der Waals surface area contributed by atoms with Gasteiger partial charge in [0.2, 0.25) is 0 Å². The van der Waals surface area contributed by atoms with E-state index in [1.165, 1.54) is 11.0 Å². The van der Waals surface area contributed by atoms with Crippen LogP contribution in [0.4, 0.5) is 8.78 Å². The molecular formula is C22H19F2NO3. The Hall–Kier alpha value is -3.33. The summed E-state index contributed by atoms with van der Waals surface area (Å²) in [6.07, 6.45) is 11.1. The van der Waals surface area contributed by atoms with Crippen molar-refractivity contribution in [3.05, 3.63) is 82.0 Å². The number of hydrogen-bond donors (Lipinski definition) is 1. The molecule has 1 unspecified atom stereocenters. The van der Waals surface area contributed by atoms with Crippen LogP contribution in [-0.2, 0) is 16.1 Å². The summed E-state index contributed by atoms with van der Waals surface area (Å²) in [5, 5.41) is 9.75. The van der Waals surface area contributed by atoms with Crippen LogP contribution >= 0.6 is 0 Å². The molecule has 144 valence electrons. The lowest BCUT2D eigenvalue weighted by atomic mass is 9.98. The van der Waals surface area contributed by atoms with E-state index in [9.17, 15) is 18.7 Å². The standard InChI is InChI=1S/C22H19F2NO3/c1-4-15-10-20(28-12-16-17(23)6-5-7-18(16)24)19-9-8-13(2)14(3)21(22(26)27)25(19)11-15/h1,5-7,9-11,13H,8,12H2,2-3H3,(H,26,27). The number of carboxylic acid groups (broad SMARTS) is 1. The summed E-state index contributed by atoms with van der Waals surface area (Å²) in [5.41, 5.74) is 1.46. The third-order valence-corrected chi connectivity index (χ3v) is 4.89. The first-order chi connectivity index (χ1) is 13.3. The van der Waals surface area contributed by atoms with E-state index in [0.717, 1.165) is 12.1 Å². The van der Waals surface area contributed by atoms with Gasteiger partial charge in [0.15, 0.2) is 0 Å². The molecule has 2 heterocycles. The van der Waals surface area contributed by atoms with Crippen molar-refractivity contribution >= 4 is 5.97 Å². The van der Waals surface area contributed by atoms with Crippen molar-refractivity contribution in [2.75, 3.05) is 0 Å². The predicted octanol–water partition coefficient (Wildman–Crippen LogP) is 4.48. The number of terminal acetylenes is 1.